The number of nitriles is 2. The molecule has 0 saturated carbocycles. The van der Waals surface area contributed by atoms with Gasteiger partial charge < -0.3 is 4.79 Å². The normalized spacial score (nSPS) is 5.90. The molecule has 10 heavy (non-hydrogen) atoms. The summed E-state index contributed by atoms with van der Waals surface area (Å²) in [5, 5.41) is 18.3. The largest absolute Gasteiger partial charge is 0.304 e. The first-order valence-corrected chi connectivity index (χ1v) is 2.67. The third-order valence-electron chi connectivity index (χ3n) is 0.408. The van der Waals surface area contributed by atoms with Crippen molar-refractivity contribution in [3.05, 3.63) is 0 Å². The van der Waals surface area contributed by atoms with Gasteiger partial charge in [0.2, 0.25) is 0 Å². The first kappa shape index (κ1) is 11.4. The van der Waals surface area contributed by atoms with Gasteiger partial charge in [0.15, 0.2) is 0 Å². The molecule has 0 unspecified atom stereocenters. The molecule has 0 radical (unpaired) electrons. The summed E-state index contributed by atoms with van der Waals surface area (Å²) in [6.45, 7) is 1.96. The zero-order chi connectivity index (χ0) is 8.24. The zero-order valence-corrected chi connectivity index (χ0v) is 5.79. The quantitative estimate of drug-likeness (QED) is 0.327. The topological polar surface area (TPSA) is 76.7 Å². The minimum atomic E-state index is 0.258. The molecule has 0 aromatic rings. The van der Waals surface area contributed by atoms with Crippen molar-refractivity contribution in [1.82, 2.24) is 5.32 Å². The maximum absolute atomic E-state index is 8.81. The van der Waals surface area contributed by atoms with Gasteiger partial charge in [-0.15, -0.1) is 0 Å². The van der Waals surface area contributed by atoms with Gasteiger partial charge in [-0.1, -0.05) is 0 Å². The van der Waals surface area contributed by atoms with Crippen LogP contribution in [0, 0.1) is 22.7 Å². The Hall–Kier alpha value is -1.39. The van der Waals surface area contributed by atoms with Crippen LogP contribution in [0.15, 0.2) is 0 Å². The number of carbonyl (C=O) groups excluding carboxylic acids is 1. The van der Waals surface area contributed by atoms with Crippen molar-refractivity contribution in [3.63, 3.8) is 0 Å². The fraction of sp³-hybridized carbons (Fsp3) is 0.500. The van der Waals surface area contributed by atoms with E-state index in [4.69, 9.17) is 15.3 Å². The second-order valence-electron chi connectivity index (χ2n) is 1.16. The van der Waals surface area contributed by atoms with Crippen LogP contribution in [0.2, 0.25) is 0 Å². The molecule has 0 bridgehead atoms. The Balaban J connectivity index is 0. The van der Waals surface area contributed by atoms with Crippen LogP contribution in [-0.2, 0) is 4.79 Å². The lowest BCUT2D eigenvalue weighted by Gasteiger charge is -1.82. The second-order valence-corrected chi connectivity index (χ2v) is 1.16. The summed E-state index contributed by atoms with van der Waals surface area (Å²) in [7, 11) is 0. The van der Waals surface area contributed by atoms with E-state index >= 15 is 0 Å². The molecule has 4 nitrogen and oxygen atoms in total. The molecule has 0 aliphatic carbocycles. The van der Waals surface area contributed by atoms with E-state index in [1.54, 1.807) is 0 Å². The van der Waals surface area contributed by atoms with Gasteiger partial charge >= 0.3 is 0 Å². The van der Waals surface area contributed by atoms with Gasteiger partial charge in [0.25, 0.3) is 0 Å². The molecule has 0 fully saturated rings. The number of carbonyl (C=O) groups is 1. The monoisotopic (exact) mass is 139 g/mol. The molecule has 0 rings (SSSR count). The molecule has 0 heterocycles. The van der Waals surface area contributed by atoms with Crippen LogP contribution >= 0.6 is 0 Å². The van der Waals surface area contributed by atoms with Crippen LogP contribution in [0.4, 0.5) is 0 Å². The van der Waals surface area contributed by atoms with E-state index in [0.29, 0.717) is 0 Å². The molecule has 0 aromatic heterocycles. The number of aldehydes is 1. The Morgan fingerprint density at radius 1 is 1.40 bits per heavy atom. The Labute approximate surface area is 60.1 Å². The Morgan fingerprint density at radius 2 is 1.70 bits per heavy atom. The van der Waals surface area contributed by atoms with Gasteiger partial charge in [0.05, 0.1) is 25.2 Å². The van der Waals surface area contributed by atoms with Crippen molar-refractivity contribution < 1.29 is 4.79 Å². The lowest BCUT2D eigenvalue weighted by atomic mass is 10.6. The number of nitrogens with one attached hydrogen (secondary N) is 1. The second kappa shape index (κ2) is 15.6. The van der Waals surface area contributed by atoms with Crippen LogP contribution in [0.5, 0.6) is 0 Å². The molecule has 0 aliphatic heterocycles. The molecule has 0 amide bonds. The molecular weight excluding hydrogens is 130 g/mol. The smallest absolute Gasteiger partial charge is 0.116 e. The third kappa shape index (κ3) is 30.5. The molecular formula is C6H9N3O. The summed E-state index contributed by atoms with van der Waals surface area (Å²) in [5.74, 6) is 0. The molecule has 0 aromatic carbocycles. The van der Waals surface area contributed by atoms with E-state index < -0.39 is 0 Å². The number of nitrogens with zero attached hydrogens (tertiary/aromatic N) is 2. The first-order valence-electron chi connectivity index (χ1n) is 2.67. The van der Waals surface area contributed by atoms with Gasteiger partial charge in [-0.25, -0.2) is 0 Å². The van der Waals surface area contributed by atoms with Crippen LogP contribution in [0.1, 0.15) is 6.92 Å². The average molecular weight is 139 g/mol. The Kier molecular flexibility index (Phi) is 17.9. The molecule has 0 aliphatic rings. The molecule has 4 heteroatoms. The summed E-state index contributed by atoms with van der Waals surface area (Å²) in [6.07, 6.45) is 0.750. The first-order chi connectivity index (χ1) is 4.83. The van der Waals surface area contributed by atoms with Crippen LogP contribution < -0.4 is 5.32 Å². The SMILES string of the molecule is CC=O.N#CCNCC#N. The Bertz CT molecular complexity index is 128. The lowest BCUT2D eigenvalue weighted by molar-refractivity contribution is -0.106. The van der Waals surface area contributed by atoms with E-state index in [1.807, 2.05) is 12.1 Å². The highest BCUT2D eigenvalue weighted by molar-refractivity contribution is 5.44. The van der Waals surface area contributed by atoms with Crippen LogP contribution in [-0.4, -0.2) is 19.4 Å². The van der Waals surface area contributed by atoms with Gasteiger partial charge in [-0.3, -0.25) is 5.32 Å². The molecule has 0 spiro atoms. The van der Waals surface area contributed by atoms with E-state index in [1.165, 1.54) is 6.92 Å². The predicted octanol–water partition coefficient (Wildman–Crippen LogP) is -0.172. The van der Waals surface area contributed by atoms with E-state index in [2.05, 4.69) is 5.32 Å². The highest BCUT2D eigenvalue weighted by atomic mass is 16.1. The fourth-order valence-corrected chi connectivity index (χ4v) is 0.174. The van der Waals surface area contributed by atoms with Crippen molar-refractivity contribution in [2.45, 2.75) is 6.92 Å². The number of hydrogen-bond acceptors (Lipinski definition) is 4. The van der Waals surface area contributed by atoms with Gasteiger partial charge in [0.1, 0.15) is 6.29 Å². The summed E-state index contributed by atoms with van der Waals surface area (Å²) in [6, 6.07) is 3.68. The summed E-state index contributed by atoms with van der Waals surface area (Å²) in [4.78, 5) is 8.81. The van der Waals surface area contributed by atoms with E-state index in [9.17, 15) is 0 Å². The Morgan fingerprint density at radius 3 is 1.90 bits per heavy atom. The predicted molar refractivity (Wildman–Crippen MR) is 35.8 cm³/mol. The van der Waals surface area contributed by atoms with Gasteiger partial charge in [0, 0.05) is 0 Å². The minimum absolute atomic E-state index is 0.258. The van der Waals surface area contributed by atoms with E-state index in [0.717, 1.165) is 6.29 Å². The van der Waals surface area contributed by atoms with Crippen molar-refractivity contribution in [2.75, 3.05) is 13.1 Å². The van der Waals surface area contributed by atoms with Gasteiger partial charge in [-0.2, -0.15) is 10.5 Å². The molecule has 1 N–H and O–H groups in total. The average Bonchev–Trinajstić information content (AvgIpc) is 1.91. The standard InChI is InChI=1S/C4H5N3.C2H4O/c5-1-3-7-4-2-6;1-2-3/h7H,3-4H2;2H,1H3. The minimum Gasteiger partial charge on any atom is -0.304 e. The molecule has 54 valence electrons. The number of rotatable bonds is 2. The lowest BCUT2D eigenvalue weighted by Crippen LogP contribution is -2.12. The molecule has 0 atom stereocenters. The summed E-state index contributed by atoms with van der Waals surface area (Å²) >= 11 is 0. The highest BCUT2D eigenvalue weighted by Gasteiger charge is 1.74. The van der Waals surface area contributed by atoms with Crippen molar-refractivity contribution >= 4 is 6.29 Å². The third-order valence-corrected chi connectivity index (χ3v) is 0.408. The maximum atomic E-state index is 8.81. The van der Waals surface area contributed by atoms with Crippen LogP contribution in [0.3, 0.4) is 0 Å². The molecule has 0 saturated heterocycles. The summed E-state index contributed by atoms with van der Waals surface area (Å²) in [5.41, 5.74) is 0. The van der Waals surface area contributed by atoms with Crippen molar-refractivity contribution in [1.29, 1.82) is 10.5 Å². The zero-order valence-electron chi connectivity index (χ0n) is 5.79. The maximum Gasteiger partial charge on any atom is 0.116 e. The highest BCUT2D eigenvalue weighted by Crippen LogP contribution is 1.50. The van der Waals surface area contributed by atoms with Crippen molar-refractivity contribution in [2.24, 2.45) is 0 Å². The fourth-order valence-electron chi connectivity index (χ4n) is 0.174. The van der Waals surface area contributed by atoms with Crippen molar-refractivity contribution in [3.8, 4) is 12.1 Å². The number of hydrogen-bond donors (Lipinski definition) is 1. The summed E-state index contributed by atoms with van der Waals surface area (Å²) < 4.78 is 0. The van der Waals surface area contributed by atoms with Gasteiger partial charge in [-0.05, 0) is 6.92 Å². The van der Waals surface area contributed by atoms with E-state index in [-0.39, 0.29) is 13.1 Å². The van der Waals surface area contributed by atoms with Crippen LogP contribution in [0.25, 0.3) is 0 Å².